The number of nitrogens with zero attached hydrogens (tertiary/aromatic N) is 1. The van der Waals surface area contributed by atoms with Crippen LogP contribution in [0.1, 0.15) is 44.0 Å². The molecule has 1 unspecified atom stereocenters. The Hall–Kier alpha value is -1.71. The van der Waals surface area contributed by atoms with Crippen molar-refractivity contribution in [3.8, 4) is 0 Å². The number of nitrogen functional groups attached to an aromatic ring is 1. The van der Waals surface area contributed by atoms with Gasteiger partial charge in [-0.1, -0.05) is 13.8 Å². The summed E-state index contributed by atoms with van der Waals surface area (Å²) >= 11 is 0. The highest BCUT2D eigenvalue weighted by atomic mass is 16.1. The van der Waals surface area contributed by atoms with Crippen molar-refractivity contribution in [3.05, 3.63) is 23.8 Å². The molecule has 0 aliphatic rings. The molecule has 0 saturated heterocycles. The van der Waals surface area contributed by atoms with Crippen LogP contribution in [0.2, 0.25) is 0 Å². The lowest BCUT2D eigenvalue weighted by atomic mass is 10.0. The molecule has 3 N–H and O–H groups in total. The van der Waals surface area contributed by atoms with E-state index in [4.69, 9.17) is 5.73 Å². The fourth-order valence-electron chi connectivity index (χ4n) is 2.08. The third kappa shape index (κ3) is 4.76. The molecule has 1 aromatic carbocycles. The molecule has 0 fully saturated rings. The van der Waals surface area contributed by atoms with E-state index in [2.05, 4.69) is 19.2 Å². The number of hydrogen-bond acceptors (Lipinski definition) is 3. The Morgan fingerprint density at radius 1 is 1.25 bits per heavy atom. The predicted octanol–water partition coefficient (Wildman–Crippen LogP) is 2.89. The summed E-state index contributed by atoms with van der Waals surface area (Å²) < 4.78 is 0. The van der Waals surface area contributed by atoms with Crippen molar-refractivity contribution in [2.24, 2.45) is 5.92 Å². The van der Waals surface area contributed by atoms with Crippen LogP contribution in [0, 0.1) is 5.92 Å². The quantitative estimate of drug-likeness (QED) is 0.786. The Morgan fingerprint density at radius 2 is 1.90 bits per heavy atom. The number of carbonyl (C=O) groups excluding carboxylic acids is 1. The van der Waals surface area contributed by atoms with E-state index in [1.54, 1.807) is 6.07 Å². The Morgan fingerprint density at radius 3 is 2.45 bits per heavy atom. The molecule has 4 heteroatoms. The van der Waals surface area contributed by atoms with Crippen molar-refractivity contribution in [2.75, 3.05) is 24.7 Å². The fourth-order valence-corrected chi connectivity index (χ4v) is 2.08. The summed E-state index contributed by atoms with van der Waals surface area (Å²) in [6.07, 6.45) is 2.10. The summed E-state index contributed by atoms with van der Waals surface area (Å²) in [4.78, 5) is 14.3. The highest BCUT2D eigenvalue weighted by molar-refractivity contribution is 6.00. The number of carbonyl (C=O) groups is 1. The molecule has 1 amide bonds. The highest BCUT2D eigenvalue weighted by Gasteiger charge is 2.15. The van der Waals surface area contributed by atoms with Gasteiger partial charge >= 0.3 is 0 Å². The first kappa shape index (κ1) is 16.3. The summed E-state index contributed by atoms with van der Waals surface area (Å²) in [5.74, 6) is 0.594. The highest BCUT2D eigenvalue weighted by Crippen LogP contribution is 2.21. The second-order valence-electron chi connectivity index (χ2n) is 6.02. The fraction of sp³-hybridized carbons (Fsp3) is 0.562. The number of rotatable bonds is 6. The van der Waals surface area contributed by atoms with Gasteiger partial charge in [0.2, 0.25) is 0 Å². The Labute approximate surface area is 122 Å². The number of hydrogen-bond donors (Lipinski definition) is 2. The van der Waals surface area contributed by atoms with Crippen LogP contribution >= 0.6 is 0 Å². The second kappa shape index (κ2) is 7.17. The first-order chi connectivity index (χ1) is 9.31. The van der Waals surface area contributed by atoms with E-state index < -0.39 is 0 Å². The molecule has 1 rings (SSSR count). The third-order valence-electron chi connectivity index (χ3n) is 3.30. The van der Waals surface area contributed by atoms with Crippen LogP contribution < -0.4 is 16.0 Å². The zero-order valence-corrected chi connectivity index (χ0v) is 13.2. The van der Waals surface area contributed by atoms with E-state index in [0.717, 1.165) is 18.5 Å². The number of anilines is 2. The summed E-state index contributed by atoms with van der Waals surface area (Å²) in [6, 6.07) is 5.60. The molecule has 20 heavy (non-hydrogen) atoms. The zero-order chi connectivity index (χ0) is 15.3. The molecule has 0 saturated carbocycles. The molecule has 0 bridgehead atoms. The van der Waals surface area contributed by atoms with Gasteiger partial charge in [-0.05, 0) is 43.9 Å². The second-order valence-corrected chi connectivity index (χ2v) is 6.02. The van der Waals surface area contributed by atoms with Gasteiger partial charge in [-0.25, -0.2) is 0 Å². The first-order valence-corrected chi connectivity index (χ1v) is 7.19. The van der Waals surface area contributed by atoms with Crippen molar-refractivity contribution in [1.29, 1.82) is 0 Å². The summed E-state index contributed by atoms with van der Waals surface area (Å²) in [6.45, 7) is 6.43. The minimum Gasteiger partial charge on any atom is -0.399 e. The largest absolute Gasteiger partial charge is 0.399 e. The standard InChI is InChI=1S/C16H27N3O/c1-11(2)6-7-12(3)18-16(20)14-10-13(17)8-9-15(14)19(4)5/h8-12H,6-7,17H2,1-5H3,(H,18,20). The van der Waals surface area contributed by atoms with Gasteiger partial charge in [-0.2, -0.15) is 0 Å². The minimum atomic E-state index is -0.0581. The predicted molar refractivity (Wildman–Crippen MR) is 86.2 cm³/mol. The van der Waals surface area contributed by atoms with Gasteiger partial charge in [0, 0.05) is 31.5 Å². The molecule has 1 aromatic rings. The average molecular weight is 277 g/mol. The summed E-state index contributed by atoms with van der Waals surface area (Å²) in [5.41, 5.74) is 7.92. The summed E-state index contributed by atoms with van der Waals surface area (Å²) in [7, 11) is 3.84. The van der Waals surface area contributed by atoms with E-state index in [0.29, 0.717) is 17.2 Å². The SMILES string of the molecule is CC(C)CCC(C)NC(=O)c1cc(N)ccc1N(C)C. The van der Waals surface area contributed by atoms with Crippen molar-refractivity contribution < 1.29 is 4.79 Å². The summed E-state index contributed by atoms with van der Waals surface area (Å²) in [5, 5.41) is 3.05. The van der Waals surface area contributed by atoms with Gasteiger partial charge in [0.25, 0.3) is 5.91 Å². The lowest BCUT2D eigenvalue weighted by molar-refractivity contribution is 0.0938. The Bertz CT molecular complexity index is 455. The molecular formula is C16H27N3O. The van der Waals surface area contributed by atoms with Crippen LogP contribution in [0.25, 0.3) is 0 Å². The molecule has 112 valence electrons. The monoisotopic (exact) mass is 277 g/mol. The molecule has 0 aromatic heterocycles. The van der Waals surface area contributed by atoms with E-state index in [1.807, 2.05) is 38.1 Å². The molecule has 0 spiro atoms. The Balaban J connectivity index is 2.79. The van der Waals surface area contributed by atoms with Crippen LogP contribution in [0.4, 0.5) is 11.4 Å². The topological polar surface area (TPSA) is 58.4 Å². The lowest BCUT2D eigenvalue weighted by Crippen LogP contribution is -2.33. The van der Waals surface area contributed by atoms with Crippen LogP contribution in [-0.4, -0.2) is 26.0 Å². The van der Waals surface area contributed by atoms with Crippen molar-refractivity contribution >= 4 is 17.3 Å². The van der Waals surface area contributed by atoms with Gasteiger partial charge in [-0.3, -0.25) is 4.79 Å². The molecule has 1 atom stereocenters. The number of benzene rings is 1. The van der Waals surface area contributed by atoms with E-state index in [-0.39, 0.29) is 11.9 Å². The number of nitrogens with two attached hydrogens (primary N) is 1. The van der Waals surface area contributed by atoms with Gasteiger partial charge in [0.15, 0.2) is 0 Å². The number of nitrogens with one attached hydrogen (secondary N) is 1. The zero-order valence-electron chi connectivity index (χ0n) is 13.2. The van der Waals surface area contributed by atoms with E-state index >= 15 is 0 Å². The molecule has 0 aliphatic carbocycles. The van der Waals surface area contributed by atoms with Gasteiger partial charge in [0.1, 0.15) is 0 Å². The van der Waals surface area contributed by atoms with E-state index in [9.17, 15) is 4.79 Å². The molecule has 0 radical (unpaired) electrons. The minimum absolute atomic E-state index is 0.0581. The van der Waals surface area contributed by atoms with Crippen LogP contribution in [0.3, 0.4) is 0 Å². The van der Waals surface area contributed by atoms with Gasteiger partial charge in [-0.15, -0.1) is 0 Å². The maximum Gasteiger partial charge on any atom is 0.253 e. The normalized spacial score (nSPS) is 12.3. The van der Waals surface area contributed by atoms with Crippen LogP contribution in [0.15, 0.2) is 18.2 Å². The van der Waals surface area contributed by atoms with Crippen molar-refractivity contribution in [3.63, 3.8) is 0 Å². The smallest absolute Gasteiger partial charge is 0.253 e. The van der Waals surface area contributed by atoms with Gasteiger partial charge in [0.05, 0.1) is 5.56 Å². The van der Waals surface area contributed by atoms with Crippen LogP contribution in [-0.2, 0) is 0 Å². The molecule has 0 heterocycles. The molecular weight excluding hydrogens is 250 g/mol. The Kier molecular flexibility index (Phi) is 5.86. The third-order valence-corrected chi connectivity index (χ3v) is 3.30. The van der Waals surface area contributed by atoms with Crippen molar-refractivity contribution in [2.45, 2.75) is 39.7 Å². The van der Waals surface area contributed by atoms with Crippen LogP contribution in [0.5, 0.6) is 0 Å². The first-order valence-electron chi connectivity index (χ1n) is 7.19. The average Bonchev–Trinajstić information content (AvgIpc) is 2.35. The van der Waals surface area contributed by atoms with E-state index in [1.165, 1.54) is 0 Å². The lowest BCUT2D eigenvalue weighted by Gasteiger charge is -2.20. The molecule has 0 aliphatic heterocycles. The number of amides is 1. The van der Waals surface area contributed by atoms with Crippen molar-refractivity contribution in [1.82, 2.24) is 5.32 Å². The maximum atomic E-state index is 12.4. The van der Waals surface area contributed by atoms with Gasteiger partial charge < -0.3 is 16.0 Å². The maximum absolute atomic E-state index is 12.4. The molecule has 4 nitrogen and oxygen atoms in total.